The maximum atomic E-state index is 5.62. The van der Waals surface area contributed by atoms with E-state index in [1.807, 2.05) is 7.11 Å². The van der Waals surface area contributed by atoms with Gasteiger partial charge < -0.3 is 13.9 Å². The van der Waals surface area contributed by atoms with Crippen molar-refractivity contribution in [3.8, 4) is 5.75 Å². The molecule has 1 aliphatic heterocycles. The Labute approximate surface area is 117 Å². The highest BCUT2D eigenvalue weighted by Crippen LogP contribution is 2.19. The van der Waals surface area contributed by atoms with E-state index < -0.39 is 8.32 Å². The Bertz CT molecular complexity index is 385. The fourth-order valence-electron chi connectivity index (χ4n) is 1.93. The standard InChI is InChI=1S/C15H24O3Si/c1-16-19(2,3)10-4-5-13-6-8-14(9-7-13)17-11-15-12-18-15/h6-9,15H,4-5,10-12H2,1-3H3. The van der Waals surface area contributed by atoms with E-state index in [0.717, 1.165) is 18.8 Å². The average molecular weight is 280 g/mol. The van der Waals surface area contributed by atoms with Gasteiger partial charge in [-0.1, -0.05) is 12.1 Å². The third-order valence-corrected chi connectivity index (χ3v) is 6.22. The molecule has 1 aliphatic rings. The predicted molar refractivity (Wildman–Crippen MR) is 79.3 cm³/mol. The summed E-state index contributed by atoms with van der Waals surface area (Å²) in [6.07, 6.45) is 2.63. The van der Waals surface area contributed by atoms with Crippen molar-refractivity contribution in [2.45, 2.75) is 38.1 Å². The van der Waals surface area contributed by atoms with Crippen molar-refractivity contribution in [3.63, 3.8) is 0 Å². The van der Waals surface area contributed by atoms with E-state index in [2.05, 4.69) is 37.4 Å². The summed E-state index contributed by atoms with van der Waals surface area (Å²) in [5.41, 5.74) is 1.37. The van der Waals surface area contributed by atoms with E-state index in [0.29, 0.717) is 12.7 Å². The van der Waals surface area contributed by atoms with Crippen molar-refractivity contribution in [3.05, 3.63) is 29.8 Å². The summed E-state index contributed by atoms with van der Waals surface area (Å²) >= 11 is 0. The van der Waals surface area contributed by atoms with E-state index in [4.69, 9.17) is 13.9 Å². The maximum Gasteiger partial charge on any atom is 0.186 e. The van der Waals surface area contributed by atoms with Crippen LogP contribution >= 0.6 is 0 Å². The van der Waals surface area contributed by atoms with Gasteiger partial charge in [0.05, 0.1) is 6.61 Å². The fourth-order valence-corrected chi connectivity index (χ4v) is 3.16. The van der Waals surface area contributed by atoms with Gasteiger partial charge in [0.1, 0.15) is 18.5 Å². The molecule has 19 heavy (non-hydrogen) atoms. The van der Waals surface area contributed by atoms with E-state index in [9.17, 15) is 0 Å². The van der Waals surface area contributed by atoms with E-state index in [-0.39, 0.29) is 0 Å². The Balaban J connectivity index is 1.71. The number of hydrogen-bond acceptors (Lipinski definition) is 3. The molecule has 1 aromatic rings. The summed E-state index contributed by atoms with van der Waals surface area (Å²) in [6.45, 7) is 6.05. The van der Waals surface area contributed by atoms with Gasteiger partial charge in [0.2, 0.25) is 0 Å². The van der Waals surface area contributed by atoms with Gasteiger partial charge >= 0.3 is 0 Å². The second-order valence-corrected chi connectivity index (χ2v) is 10.2. The lowest BCUT2D eigenvalue weighted by atomic mass is 10.1. The number of rotatable bonds is 8. The van der Waals surface area contributed by atoms with Crippen molar-refractivity contribution < 1.29 is 13.9 Å². The minimum atomic E-state index is -1.40. The zero-order valence-corrected chi connectivity index (χ0v) is 13.1. The summed E-state index contributed by atoms with van der Waals surface area (Å²) in [4.78, 5) is 0. The lowest BCUT2D eigenvalue weighted by molar-refractivity contribution is 0.263. The van der Waals surface area contributed by atoms with Gasteiger partial charge in [-0.25, -0.2) is 0 Å². The normalized spacial score (nSPS) is 18.4. The van der Waals surface area contributed by atoms with Crippen molar-refractivity contribution in [2.24, 2.45) is 0 Å². The molecule has 1 unspecified atom stereocenters. The van der Waals surface area contributed by atoms with Gasteiger partial charge in [-0.15, -0.1) is 0 Å². The molecule has 1 aromatic carbocycles. The van der Waals surface area contributed by atoms with Crippen LogP contribution in [0.15, 0.2) is 24.3 Å². The number of ether oxygens (including phenoxy) is 2. The highest BCUT2D eigenvalue weighted by atomic mass is 28.4. The molecule has 0 aliphatic carbocycles. The van der Waals surface area contributed by atoms with Gasteiger partial charge in [0.15, 0.2) is 8.32 Å². The molecular weight excluding hydrogens is 256 g/mol. The summed E-state index contributed by atoms with van der Waals surface area (Å²) < 4.78 is 16.3. The molecule has 1 atom stereocenters. The van der Waals surface area contributed by atoms with E-state index in [1.165, 1.54) is 18.0 Å². The molecular formula is C15H24O3Si. The van der Waals surface area contributed by atoms with E-state index in [1.54, 1.807) is 0 Å². The van der Waals surface area contributed by atoms with Crippen LogP contribution in [0, 0.1) is 0 Å². The zero-order valence-electron chi connectivity index (χ0n) is 12.1. The quantitative estimate of drug-likeness (QED) is 0.541. The van der Waals surface area contributed by atoms with Crippen LogP contribution in [0.1, 0.15) is 12.0 Å². The molecule has 106 valence electrons. The minimum absolute atomic E-state index is 0.320. The first-order valence-corrected chi connectivity index (χ1v) is 10.1. The van der Waals surface area contributed by atoms with Gasteiger partial charge in [-0.05, 0) is 49.7 Å². The van der Waals surface area contributed by atoms with Crippen LogP contribution in [0.5, 0.6) is 5.75 Å². The Kier molecular flexibility index (Phi) is 5.02. The van der Waals surface area contributed by atoms with Crippen molar-refractivity contribution in [1.82, 2.24) is 0 Å². The molecule has 1 fully saturated rings. The lowest BCUT2D eigenvalue weighted by Gasteiger charge is -2.19. The van der Waals surface area contributed by atoms with Gasteiger partial charge in [0.25, 0.3) is 0 Å². The fraction of sp³-hybridized carbons (Fsp3) is 0.600. The number of benzene rings is 1. The zero-order chi connectivity index (χ0) is 13.7. The van der Waals surface area contributed by atoms with Crippen LogP contribution in [0.2, 0.25) is 19.1 Å². The first-order valence-electron chi connectivity index (χ1n) is 6.97. The first kappa shape index (κ1) is 14.6. The third kappa shape index (κ3) is 5.34. The van der Waals surface area contributed by atoms with Gasteiger partial charge in [-0.3, -0.25) is 0 Å². The smallest absolute Gasteiger partial charge is 0.186 e. The topological polar surface area (TPSA) is 31.0 Å². The van der Waals surface area contributed by atoms with Gasteiger partial charge in [0, 0.05) is 7.11 Å². The summed E-state index contributed by atoms with van der Waals surface area (Å²) in [7, 11) is 0.436. The summed E-state index contributed by atoms with van der Waals surface area (Å²) in [6, 6.07) is 9.63. The largest absolute Gasteiger partial charge is 0.491 e. The Hall–Kier alpha value is -0.843. The summed E-state index contributed by atoms with van der Waals surface area (Å²) in [5, 5.41) is 0. The van der Waals surface area contributed by atoms with Crippen molar-refractivity contribution in [1.29, 1.82) is 0 Å². The molecule has 0 saturated carbocycles. The lowest BCUT2D eigenvalue weighted by Crippen LogP contribution is -2.28. The third-order valence-electron chi connectivity index (χ3n) is 3.56. The summed E-state index contributed by atoms with van der Waals surface area (Å²) in [5.74, 6) is 0.936. The molecule has 1 heterocycles. The SMILES string of the molecule is CO[Si](C)(C)CCCc1ccc(OCC2CO2)cc1. The molecule has 0 aromatic heterocycles. The molecule has 0 amide bonds. The van der Waals surface area contributed by atoms with Crippen LogP contribution in [0.4, 0.5) is 0 Å². The van der Waals surface area contributed by atoms with Crippen LogP contribution < -0.4 is 4.74 Å². The molecule has 3 nitrogen and oxygen atoms in total. The number of hydrogen-bond donors (Lipinski definition) is 0. The Morgan fingerprint density at radius 2 is 1.95 bits per heavy atom. The first-order chi connectivity index (χ1) is 9.09. The molecule has 0 N–H and O–H groups in total. The highest BCUT2D eigenvalue weighted by molar-refractivity contribution is 6.71. The molecule has 1 saturated heterocycles. The molecule has 0 radical (unpaired) electrons. The van der Waals surface area contributed by atoms with Crippen LogP contribution in [-0.4, -0.2) is 34.7 Å². The predicted octanol–water partition coefficient (Wildman–Crippen LogP) is 3.25. The molecule has 4 heteroatoms. The van der Waals surface area contributed by atoms with Crippen LogP contribution in [-0.2, 0) is 15.6 Å². The Morgan fingerprint density at radius 1 is 1.26 bits per heavy atom. The molecule has 2 rings (SSSR count). The second-order valence-electron chi connectivity index (χ2n) is 5.73. The Morgan fingerprint density at radius 3 is 2.53 bits per heavy atom. The van der Waals surface area contributed by atoms with Crippen LogP contribution in [0.25, 0.3) is 0 Å². The van der Waals surface area contributed by atoms with E-state index >= 15 is 0 Å². The second kappa shape index (κ2) is 6.55. The average Bonchev–Trinajstić information content (AvgIpc) is 3.22. The molecule has 0 bridgehead atoms. The number of epoxide rings is 1. The minimum Gasteiger partial charge on any atom is -0.491 e. The van der Waals surface area contributed by atoms with Gasteiger partial charge in [-0.2, -0.15) is 0 Å². The van der Waals surface area contributed by atoms with Crippen molar-refractivity contribution in [2.75, 3.05) is 20.3 Å². The van der Waals surface area contributed by atoms with Crippen LogP contribution in [0.3, 0.4) is 0 Å². The number of aryl methyl sites for hydroxylation is 1. The monoisotopic (exact) mass is 280 g/mol. The maximum absolute atomic E-state index is 5.62. The molecule has 0 spiro atoms. The van der Waals surface area contributed by atoms with Crippen molar-refractivity contribution >= 4 is 8.32 Å². The highest BCUT2D eigenvalue weighted by Gasteiger charge is 2.23.